The minimum atomic E-state index is 0.418. The second-order valence-corrected chi connectivity index (χ2v) is 10.3. The Morgan fingerprint density at radius 3 is 2.47 bits per heavy atom. The molecule has 1 fully saturated rings. The summed E-state index contributed by atoms with van der Waals surface area (Å²) in [7, 11) is 0. The van der Waals surface area contributed by atoms with E-state index in [9.17, 15) is 4.79 Å². The van der Waals surface area contributed by atoms with Gasteiger partial charge in [-0.15, -0.1) is 0 Å². The molecule has 1 saturated carbocycles. The fourth-order valence-corrected chi connectivity index (χ4v) is 5.43. The highest BCUT2D eigenvalue weighted by Crippen LogP contribution is 2.37. The van der Waals surface area contributed by atoms with E-state index in [0.29, 0.717) is 17.6 Å². The Kier molecular flexibility index (Phi) is 6.37. The molecule has 0 saturated heterocycles. The molecule has 2 aliphatic carbocycles. The molecule has 5 rings (SSSR count). The topological polar surface area (TPSA) is 17.1 Å². The van der Waals surface area contributed by atoms with Crippen LogP contribution in [-0.4, -0.2) is 5.78 Å². The van der Waals surface area contributed by atoms with E-state index in [4.69, 9.17) is 0 Å². The first-order chi connectivity index (χ1) is 16.5. The maximum atomic E-state index is 11.9. The zero-order valence-corrected chi connectivity index (χ0v) is 20.4. The number of hydrogen-bond donors (Lipinski definition) is 0. The van der Waals surface area contributed by atoms with Crippen LogP contribution in [0.2, 0.25) is 0 Å². The monoisotopic (exact) mass is 446 g/mol. The molecular weight excluding hydrogens is 412 g/mol. The highest BCUT2D eigenvalue weighted by atomic mass is 16.1. The van der Waals surface area contributed by atoms with Crippen LogP contribution in [0, 0.1) is 5.92 Å². The molecule has 3 aromatic rings. The lowest BCUT2D eigenvalue weighted by Crippen LogP contribution is -2.12. The average Bonchev–Trinajstić information content (AvgIpc) is 3.33. The smallest absolute Gasteiger partial charge is 0.132 e. The van der Waals surface area contributed by atoms with Crippen LogP contribution < -0.4 is 0 Å². The lowest BCUT2D eigenvalue weighted by molar-refractivity contribution is -0.120. The number of allylic oxidation sites excluding steroid dienone is 2. The summed E-state index contributed by atoms with van der Waals surface area (Å²) in [6, 6.07) is 22.8. The molecular formula is C33H34O. The minimum Gasteiger partial charge on any atom is -0.300 e. The molecule has 0 spiro atoms. The number of rotatable bonds is 6. The van der Waals surface area contributed by atoms with Crippen molar-refractivity contribution in [3.05, 3.63) is 107 Å². The predicted octanol–water partition coefficient (Wildman–Crippen LogP) is 8.41. The molecule has 0 aromatic heterocycles. The summed E-state index contributed by atoms with van der Waals surface area (Å²) in [4.78, 5) is 11.9. The second kappa shape index (κ2) is 9.58. The van der Waals surface area contributed by atoms with Gasteiger partial charge in [-0.2, -0.15) is 0 Å². The summed E-state index contributed by atoms with van der Waals surface area (Å²) < 4.78 is 0. The minimum absolute atomic E-state index is 0.418. The Labute approximate surface area is 204 Å². The molecule has 0 radical (unpaired) electrons. The van der Waals surface area contributed by atoms with Crippen molar-refractivity contribution in [2.75, 3.05) is 0 Å². The van der Waals surface area contributed by atoms with Crippen molar-refractivity contribution in [1.82, 2.24) is 0 Å². The molecule has 0 atom stereocenters. The number of ketones is 1. The van der Waals surface area contributed by atoms with E-state index in [1.54, 1.807) is 0 Å². The third-order valence-electron chi connectivity index (χ3n) is 7.59. The summed E-state index contributed by atoms with van der Waals surface area (Å²) >= 11 is 0. The summed E-state index contributed by atoms with van der Waals surface area (Å²) in [6.45, 7) is 8.64. The first-order valence-electron chi connectivity index (χ1n) is 12.7. The molecule has 0 unspecified atom stereocenters. The van der Waals surface area contributed by atoms with Gasteiger partial charge in [0.15, 0.2) is 0 Å². The van der Waals surface area contributed by atoms with Crippen LogP contribution >= 0.6 is 0 Å². The lowest BCUT2D eigenvalue weighted by Gasteiger charge is -2.23. The number of hydrogen-bond acceptors (Lipinski definition) is 1. The molecule has 1 nitrogen and oxygen atoms in total. The number of Topliss-reactive ketones (excluding diaryl/α,β-unsaturated/α-hetero) is 1. The second-order valence-electron chi connectivity index (χ2n) is 10.3. The molecule has 3 aromatic carbocycles. The van der Waals surface area contributed by atoms with Gasteiger partial charge in [-0.1, -0.05) is 93.2 Å². The summed E-state index contributed by atoms with van der Waals surface area (Å²) in [5.74, 6) is 1.34. The molecule has 172 valence electrons. The van der Waals surface area contributed by atoms with E-state index in [0.717, 1.165) is 38.5 Å². The third-order valence-corrected chi connectivity index (χ3v) is 7.59. The maximum absolute atomic E-state index is 11.9. The van der Waals surface area contributed by atoms with Gasteiger partial charge in [0.1, 0.15) is 5.78 Å². The number of benzene rings is 3. The van der Waals surface area contributed by atoms with Crippen molar-refractivity contribution in [1.29, 1.82) is 0 Å². The van der Waals surface area contributed by atoms with Crippen LogP contribution in [0.5, 0.6) is 0 Å². The van der Waals surface area contributed by atoms with Gasteiger partial charge in [0, 0.05) is 12.8 Å². The standard InChI is InChI=1S/C33H34O/c1-22(2)23(3)26-12-10-24(11-13-26)18-25-19-29(27-14-16-31(34)17-15-27)21-30(20-25)33-9-5-7-28-6-4-8-32(28)33/h4-5,7-13,19-22,27H,3,6,14-18H2,1-2H3. The van der Waals surface area contributed by atoms with Gasteiger partial charge in [0.2, 0.25) is 0 Å². The molecule has 0 heterocycles. The van der Waals surface area contributed by atoms with E-state index in [1.165, 1.54) is 50.1 Å². The van der Waals surface area contributed by atoms with Crippen molar-refractivity contribution in [2.24, 2.45) is 5.92 Å². The predicted molar refractivity (Wildman–Crippen MR) is 144 cm³/mol. The fraction of sp³-hybridized carbons (Fsp3) is 0.303. The van der Waals surface area contributed by atoms with Gasteiger partial charge < -0.3 is 0 Å². The molecule has 0 bridgehead atoms. The largest absolute Gasteiger partial charge is 0.300 e. The van der Waals surface area contributed by atoms with Gasteiger partial charge >= 0.3 is 0 Å². The van der Waals surface area contributed by atoms with Gasteiger partial charge in [-0.25, -0.2) is 0 Å². The van der Waals surface area contributed by atoms with Crippen molar-refractivity contribution in [3.8, 4) is 11.1 Å². The van der Waals surface area contributed by atoms with Crippen LogP contribution in [0.4, 0.5) is 0 Å². The van der Waals surface area contributed by atoms with E-state index < -0.39 is 0 Å². The van der Waals surface area contributed by atoms with E-state index in [-0.39, 0.29) is 0 Å². The zero-order chi connectivity index (χ0) is 23.7. The summed E-state index contributed by atoms with van der Waals surface area (Å²) in [6.07, 6.45) is 9.85. The zero-order valence-electron chi connectivity index (χ0n) is 20.4. The van der Waals surface area contributed by atoms with E-state index in [2.05, 4.69) is 93.2 Å². The van der Waals surface area contributed by atoms with Crippen molar-refractivity contribution in [2.45, 2.75) is 58.3 Å². The van der Waals surface area contributed by atoms with Gasteiger partial charge in [0.05, 0.1) is 0 Å². The van der Waals surface area contributed by atoms with Crippen LogP contribution in [0.3, 0.4) is 0 Å². The van der Waals surface area contributed by atoms with Crippen molar-refractivity contribution in [3.63, 3.8) is 0 Å². The van der Waals surface area contributed by atoms with E-state index >= 15 is 0 Å². The molecule has 0 amide bonds. The Bertz CT molecular complexity index is 1250. The normalized spacial score (nSPS) is 15.7. The van der Waals surface area contributed by atoms with Crippen LogP contribution in [0.1, 0.15) is 78.8 Å². The average molecular weight is 447 g/mol. The molecule has 0 aliphatic heterocycles. The Hall–Kier alpha value is -3.19. The van der Waals surface area contributed by atoms with Gasteiger partial charge in [-0.3, -0.25) is 4.79 Å². The summed E-state index contributed by atoms with van der Waals surface area (Å²) in [5.41, 5.74) is 11.9. The quantitative estimate of drug-likeness (QED) is 0.371. The fourth-order valence-electron chi connectivity index (χ4n) is 5.43. The summed E-state index contributed by atoms with van der Waals surface area (Å²) in [5, 5.41) is 0. The van der Waals surface area contributed by atoms with Crippen LogP contribution in [-0.2, 0) is 17.6 Å². The molecule has 0 N–H and O–H groups in total. The Balaban J connectivity index is 1.50. The number of carbonyl (C=O) groups excluding carboxylic acids is 1. The van der Waals surface area contributed by atoms with E-state index in [1.807, 2.05) is 0 Å². The highest BCUT2D eigenvalue weighted by molar-refractivity contribution is 5.81. The molecule has 34 heavy (non-hydrogen) atoms. The first-order valence-corrected chi connectivity index (χ1v) is 12.7. The number of carbonyl (C=O) groups is 1. The first kappa shape index (κ1) is 22.6. The lowest BCUT2D eigenvalue weighted by atomic mass is 9.81. The van der Waals surface area contributed by atoms with Crippen molar-refractivity contribution < 1.29 is 4.79 Å². The van der Waals surface area contributed by atoms with Gasteiger partial charge in [0.25, 0.3) is 0 Å². The molecule has 2 aliphatic rings. The Morgan fingerprint density at radius 2 is 1.74 bits per heavy atom. The highest BCUT2D eigenvalue weighted by Gasteiger charge is 2.22. The molecule has 1 heteroatoms. The number of fused-ring (bicyclic) bond motifs is 1. The SMILES string of the molecule is C=C(c1ccc(Cc2cc(-c3cccc4c3C=CC4)cc(C3CCC(=O)CC3)c2)cc1)C(C)C. The third kappa shape index (κ3) is 4.71. The maximum Gasteiger partial charge on any atom is 0.132 e. The van der Waals surface area contributed by atoms with Crippen LogP contribution in [0.25, 0.3) is 22.8 Å². The van der Waals surface area contributed by atoms with Gasteiger partial charge in [-0.05, 0) is 87.6 Å². The Morgan fingerprint density at radius 1 is 0.971 bits per heavy atom. The van der Waals surface area contributed by atoms with Crippen molar-refractivity contribution >= 4 is 17.4 Å². The van der Waals surface area contributed by atoms with Crippen LogP contribution in [0.15, 0.2) is 73.3 Å².